The van der Waals surface area contributed by atoms with E-state index >= 15 is 0 Å². The van der Waals surface area contributed by atoms with Crippen LogP contribution in [0, 0.1) is 0 Å². The van der Waals surface area contributed by atoms with Crippen molar-refractivity contribution in [3.63, 3.8) is 0 Å². The lowest BCUT2D eigenvalue weighted by Crippen LogP contribution is -2.38. The summed E-state index contributed by atoms with van der Waals surface area (Å²) in [5.74, 6) is 0. The molecular formula is C11H24N2O. The lowest BCUT2D eigenvalue weighted by atomic mass is 10.0. The van der Waals surface area contributed by atoms with E-state index in [1.807, 2.05) is 0 Å². The molecule has 1 atom stereocenters. The van der Waals surface area contributed by atoms with Crippen molar-refractivity contribution in [2.75, 3.05) is 40.3 Å². The molecule has 0 aromatic carbocycles. The third-order valence-corrected chi connectivity index (χ3v) is 2.76. The van der Waals surface area contributed by atoms with Gasteiger partial charge in [0.2, 0.25) is 0 Å². The van der Waals surface area contributed by atoms with Crippen LogP contribution in [0.2, 0.25) is 0 Å². The second kappa shape index (κ2) is 5.69. The molecule has 3 heteroatoms. The SMILES string of the molecule is CN(C)CCCNCC1(C)CCCO1. The number of nitrogens with zero attached hydrogens (tertiary/aromatic N) is 1. The highest BCUT2D eigenvalue weighted by Crippen LogP contribution is 2.23. The fourth-order valence-corrected chi connectivity index (χ4v) is 1.85. The molecule has 1 saturated heterocycles. The molecule has 0 bridgehead atoms. The van der Waals surface area contributed by atoms with Crippen molar-refractivity contribution in [3.05, 3.63) is 0 Å². The zero-order valence-electron chi connectivity index (χ0n) is 9.81. The summed E-state index contributed by atoms with van der Waals surface area (Å²) in [5, 5.41) is 3.47. The second-order valence-corrected chi connectivity index (χ2v) is 4.74. The van der Waals surface area contributed by atoms with Gasteiger partial charge in [-0.15, -0.1) is 0 Å². The molecule has 1 aliphatic rings. The summed E-state index contributed by atoms with van der Waals surface area (Å²) in [6.45, 7) is 6.40. The zero-order valence-corrected chi connectivity index (χ0v) is 9.81. The van der Waals surface area contributed by atoms with Crippen LogP contribution in [0.15, 0.2) is 0 Å². The molecule has 0 spiro atoms. The molecule has 3 nitrogen and oxygen atoms in total. The molecule has 0 aromatic heterocycles. The van der Waals surface area contributed by atoms with E-state index in [4.69, 9.17) is 4.74 Å². The molecule has 0 amide bonds. The van der Waals surface area contributed by atoms with Crippen LogP contribution in [0.4, 0.5) is 0 Å². The Morgan fingerprint density at radius 3 is 2.79 bits per heavy atom. The Bertz CT molecular complexity index is 153. The van der Waals surface area contributed by atoms with E-state index in [-0.39, 0.29) is 5.60 Å². The van der Waals surface area contributed by atoms with Crippen LogP contribution in [-0.4, -0.2) is 50.8 Å². The van der Waals surface area contributed by atoms with Crippen molar-refractivity contribution in [1.82, 2.24) is 10.2 Å². The van der Waals surface area contributed by atoms with Crippen molar-refractivity contribution in [2.24, 2.45) is 0 Å². The minimum atomic E-state index is 0.109. The normalized spacial score (nSPS) is 27.4. The average molecular weight is 200 g/mol. The van der Waals surface area contributed by atoms with Crippen molar-refractivity contribution in [2.45, 2.75) is 31.8 Å². The van der Waals surface area contributed by atoms with Crippen LogP contribution in [0.1, 0.15) is 26.2 Å². The summed E-state index contributed by atoms with van der Waals surface area (Å²) in [7, 11) is 4.22. The molecule has 1 rings (SSSR count). The highest BCUT2D eigenvalue weighted by atomic mass is 16.5. The maximum absolute atomic E-state index is 5.70. The molecule has 1 fully saturated rings. The summed E-state index contributed by atoms with van der Waals surface area (Å²) >= 11 is 0. The van der Waals surface area contributed by atoms with E-state index in [9.17, 15) is 0 Å². The average Bonchev–Trinajstić information content (AvgIpc) is 2.51. The lowest BCUT2D eigenvalue weighted by Gasteiger charge is -2.23. The molecule has 1 aliphatic heterocycles. The standard InChI is InChI=1S/C11H24N2O/c1-11(6-4-9-14-11)10-12-7-5-8-13(2)3/h12H,4-10H2,1-3H3. The number of rotatable bonds is 6. The van der Waals surface area contributed by atoms with Gasteiger partial charge in [-0.25, -0.2) is 0 Å². The molecule has 1 N–H and O–H groups in total. The topological polar surface area (TPSA) is 24.5 Å². The number of nitrogens with one attached hydrogen (secondary N) is 1. The molecule has 0 saturated carbocycles. The Morgan fingerprint density at radius 2 is 2.21 bits per heavy atom. The smallest absolute Gasteiger partial charge is 0.0779 e. The highest BCUT2D eigenvalue weighted by molar-refractivity contribution is 4.82. The molecule has 14 heavy (non-hydrogen) atoms. The first-order chi connectivity index (χ1) is 6.62. The minimum absolute atomic E-state index is 0.109. The van der Waals surface area contributed by atoms with Gasteiger partial charge < -0.3 is 15.0 Å². The van der Waals surface area contributed by atoms with Gasteiger partial charge in [-0.05, 0) is 53.4 Å². The fraction of sp³-hybridized carbons (Fsp3) is 1.00. The van der Waals surface area contributed by atoms with Gasteiger partial charge in [-0.3, -0.25) is 0 Å². The summed E-state index contributed by atoms with van der Waals surface area (Å²) in [6, 6.07) is 0. The van der Waals surface area contributed by atoms with Gasteiger partial charge in [-0.2, -0.15) is 0 Å². The van der Waals surface area contributed by atoms with E-state index in [1.165, 1.54) is 19.3 Å². The van der Waals surface area contributed by atoms with Crippen LogP contribution in [-0.2, 0) is 4.74 Å². The van der Waals surface area contributed by atoms with Gasteiger partial charge in [-0.1, -0.05) is 0 Å². The van der Waals surface area contributed by atoms with Gasteiger partial charge in [0.15, 0.2) is 0 Å². The maximum Gasteiger partial charge on any atom is 0.0779 e. The third-order valence-electron chi connectivity index (χ3n) is 2.76. The van der Waals surface area contributed by atoms with Crippen LogP contribution in [0.3, 0.4) is 0 Å². The highest BCUT2D eigenvalue weighted by Gasteiger charge is 2.28. The number of hydrogen-bond donors (Lipinski definition) is 1. The Morgan fingerprint density at radius 1 is 1.43 bits per heavy atom. The Labute approximate surface area is 87.8 Å². The molecular weight excluding hydrogens is 176 g/mol. The van der Waals surface area contributed by atoms with E-state index in [0.29, 0.717) is 0 Å². The molecule has 1 heterocycles. The first-order valence-electron chi connectivity index (χ1n) is 5.62. The summed E-state index contributed by atoms with van der Waals surface area (Å²) in [5.41, 5.74) is 0.109. The van der Waals surface area contributed by atoms with Crippen molar-refractivity contribution < 1.29 is 4.74 Å². The largest absolute Gasteiger partial charge is 0.374 e. The Hall–Kier alpha value is -0.120. The maximum atomic E-state index is 5.70. The van der Waals surface area contributed by atoms with E-state index in [2.05, 4.69) is 31.2 Å². The molecule has 1 unspecified atom stereocenters. The molecule has 0 radical (unpaired) electrons. The zero-order chi connectivity index (χ0) is 10.4. The first-order valence-corrected chi connectivity index (χ1v) is 5.62. The van der Waals surface area contributed by atoms with Crippen molar-refractivity contribution >= 4 is 0 Å². The minimum Gasteiger partial charge on any atom is -0.374 e. The van der Waals surface area contributed by atoms with Gasteiger partial charge in [0, 0.05) is 13.2 Å². The predicted octanol–water partition coefficient (Wildman–Crippen LogP) is 1.10. The van der Waals surface area contributed by atoms with E-state index in [1.54, 1.807) is 0 Å². The van der Waals surface area contributed by atoms with Gasteiger partial charge in [0.05, 0.1) is 5.60 Å². The third kappa shape index (κ3) is 4.40. The van der Waals surface area contributed by atoms with Crippen molar-refractivity contribution in [1.29, 1.82) is 0 Å². The summed E-state index contributed by atoms with van der Waals surface area (Å²) in [4.78, 5) is 2.22. The van der Waals surface area contributed by atoms with Crippen molar-refractivity contribution in [3.8, 4) is 0 Å². The second-order valence-electron chi connectivity index (χ2n) is 4.74. The summed E-state index contributed by atoms with van der Waals surface area (Å²) in [6.07, 6.45) is 3.63. The summed E-state index contributed by atoms with van der Waals surface area (Å²) < 4.78 is 5.70. The number of ether oxygens (including phenoxy) is 1. The number of hydrogen-bond acceptors (Lipinski definition) is 3. The Balaban J connectivity index is 1.98. The fourth-order valence-electron chi connectivity index (χ4n) is 1.85. The van der Waals surface area contributed by atoms with Crippen LogP contribution >= 0.6 is 0 Å². The molecule has 84 valence electrons. The Kier molecular flexibility index (Phi) is 4.85. The van der Waals surface area contributed by atoms with Crippen LogP contribution in [0.25, 0.3) is 0 Å². The quantitative estimate of drug-likeness (QED) is 0.650. The van der Waals surface area contributed by atoms with Gasteiger partial charge in [0.1, 0.15) is 0 Å². The van der Waals surface area contributed by atoms with Gasteiger partial charge in [0.25, 0.3) is 0 Å². The first kappa shape index (κ1) is 12.0. The van der Waals surface area contributed by atoms with E-state index < -0.39 is 0 Å². The van der Waals surface area contributed by atoms with Crippen LogP contribution < -0.4 is 5.32 Å². The van der Waals surface area contributed by atoms with Gasteiger partial charge >= 0.3 is 0 Å². The predicted molar refractivity (Wildman–Crippen MR) is 59.6 cm³/mol. The lowest BCUT2D eigenvalue weighted by molar-refractivity contribution is 0.0209. The van der Waals surface area contributed by atoms with E-state index in [0.717, 1.165) is 26.2 Å². The monoisotopic (exact) mass is 200 g/mol. The molecule has 0 aliphatic carbocycles. The van der Waals surface area contributed by atoms with Crippen LogP contribution in [0.5, 0.6) is 0 Å². The molecule has 0 aromatic rings.